The van der Waals surface area contributed by atoms with Crippen LogP contribution in [0.3, 0.4) is 0 Å². The number of rotatable bonds is 7. The Bertz CT molecular complexity index is 1100. The van der Waals surface area contributed by atoms with E-state index in [1.165, 1.54) is 13.2 Å². The fraction of sp³-hybridized carbons (Fsp3) is 0.320. The number of aryl methyl sites for hydroxylation is 2. The van der Waals surface area contributed by atoms with Crippen molar-refractivity contribution >= 4 is 23.6 Å². The molecular weight excluding hydrogens is 422 g/mol. The first-order valence-electron chi connectivity index (χ1n) is 10.6. The molecule has 1 aliphatic rings. The van der Waals surface area contributed by atoms with Gasteiger partial charge in [0.1, 0.15) is 11.6 Å². The van der Waals surface area contributed by atoms with Crippen molar-refractivity contribution in [3.63, 3.8) is 0 Å². The highest BCUT2D eigenvalue weighted by molar-refractivity contribution is 6.09. The number of nitrogens with one attached hydrogen (secondary N) is 1. The fourth-order valence-electron chi connectivity index (χ4n) is 3.27. The van der Waals surface area contributed by atoms with Gasteiger partial charge in [-0.25, -0.2) is 0 Å². The Morgan fingerprint density at radius 3 is 2.55 bits per heavy atom. The van der Waals surface area contributed by atoms with Crippen molar-refractivity contribution in [1.82, 2.24) is 4.90 Å². The number of nitrogens with zero attached hydrogens (tertiary/aromatic N) is 2. The summed E-state index contributed by atoms with van der Waals surface area (Å²) in [6.07, 6.45) is 1.47. The van der Waals surface area contributed by atoms with Gasteiger partial charge in [-0.1, -0.05) is 12.1 Å². The van der Waals surface area contributed by atoms with Crippen LogP contribution in [0.15, 0.2) is 42.0 Å². The molecule has 2 amide bonds. The molecule has 0 bridgehead atoms. The lowest BCUT2D eigenvalue weighted by atomic mass is 10.1. The van der Waals surface area contributed by atoms with Gasteiger partial charge >= 0.3 is 0 Å². The molecular formula is C25H27N3O5. The van der Waals surface area contributed by atoms with Crippen LogP contribution < -0.4 is 14.8 Å². The molecule has 1 N–H and O–H groups in total. The Balaban J connectivity index is 1.69. The molecule has 1 fully saturated rings. The van der Waals surface area contributed by atoms with Crippen LogP contribution in [0.5, 0.6) is 11.5 Å². The van der Waals surface area contributed by atoms with E-state index in [0.29, 0.717) is 49.1 Å². The monoisotopic (exact) mass is 449 g/mol. The minimum atomic E-state index is -0.504. The largest absolute Gasteiger partial charge is 0.493 e. The molecule has 2 aromatic carbocycles. The van der Waals surface area contributed by atoms with Gasteiger partial charge in [0, 0.05) is 18.8 Å². The molecule has 2 aromatic rings. The van der Waals surface area contributed by atoms with E-state index in [1.807, 2.05) is 32.0 Å². The first-order valence-corrected chi connectivity index (χ1v) is 10.6. The maximum Gasteiger partial charge on any atom is 0.266 e. The highest BCUT2D eigenvalue weighted by Crippen LogP contribution is 2.29. The highest BCUT2D eigenvalue weighted by atomic mass is 16.5. The van der Waals surface area contributed by atoms with Gasteiger partial charge in [-0.15, -0.1) is 0 Å². The van der Waals surface area contributed by atoms with Crippen molar-refractivity contribution in [3.8, 4) is 17.6 Å². The van der Waals surface area contributed by atoms with Gasteiger partial charge in [0.05, 0.1) is 20.3 Å². The lowest BCUT2D eigenvalue weighted by Gasteiger charge is -2.26. The third kappa shape index (κ3) is 6.34. The van der Waals surface area contributed by atoms with Gasteiger partial charge < -0.3 is 24.4 Å². The van der Waals surface area contributed by atoms with Crippen LogP contribution in [0.4, 0.5) is 5.69 Å². The Hall–Kier alpha value is -3.83. The second-order valence-electron chi connectivity index (χ2n) is 7.62. The van der Waals surface area contributed by atoms with E-state index in [2.05, 4.69) is 5.32 Å². The zero-order chi connectivity index (χ0) is 23.8. The Labute approximate surface area is 193 Å². The lowest BCUT2D eigenvalue weighted by molar-refractivity contribution is -0.137. The Morgan fingerprint density at radius 1 is 1.12 bits per heavy atom. The summed E-state index contributed by atoms with van der Waals surface area (Å²) in [4.78, 5) is 26.6. The van der Waals surface area contributed by atoms with E-state index in [0.717, 1.165) is 11.1 Å². The minimum absolute atomic E-state index is 0.0496. The Morgan fingerprint density at radius 2 is 1.88 bits per heavy atom. The summed E-state index contributed by atoms with van der Waals surface area (Å²) in [6.45, 7) is 5.96. The summed E-state index contributed by atoms with van der Waals surface area (Å²) in [5, 5.41) is 12.2. The summed E-state index contributed by atoms with van der Waals surface area (Å²) in [7, 11) is 1.48. The van der Waals surface area contributed by atoms with Gasteiger partial charge in [0.2, 0.25) is 0 Å². The van der Waals surface area contributed by atoms with Crippen molar-refractivity contribution < 1.29 is 23.8 Å². The van der Waals surface area contributed by atoms with Gasteiger partial charge in [-0.2, -0.15) is 5.26 Å². The zero-order valence-corrected chi connectivity index (χ0v) is 19.0. The molecule has 0 aromatic heterocycles. The molecule has 0 radical (unpaired) electrons. The zero-order valence-electron chi connectivity index (χ0n) is 19.0. The van der Waals surface area contributed by atoms with E-state index in [-0.39, 0.29) is 18.1 Å². The quantitative estimate of drug-likeness (QED) is 0.515. The van der Waals surface area contributed by atoms with E-state index in [9.17, 15) is 14.9 Å². The SMILES string of the molecule is COc1cc(/C=C(/C#N)C(=O)Nc2ccc(C)c(C)c2)ccc1OCC(=O)N1CCOCC1. The van der Waals surface area contributed by atoms with Gasteiger partial charge in [-0.05, 0) is 60.9 Å². The van der Waals surface area contributed by atoms with Gasteiger partial charge in [0.25, 0.3) is 11.8 Å². The predicted octanol–water partition coefficient (Wildman–Crippen LogP) is 3.10. The van der Waals surface area contributed by atoms with E-state index >= 15 is 0 Å². The number of ether oxygens (including phenoxy) is 3. The van der Waals surface area contributed by atoms with Crippen LogP contribution in [-0.2, 0) is 14.3 Å². The average molecular weight is 450 g/mol. The van der Waals surface area contributed by atoms with Gasteiger partial charge in [-0.3, -0.25) is 9.59 Å². The topological polar surface area (TPSA) is 101 Å². The van der Waals surface area contributed by atoms with Crippen molar-refractivity contribution in [2.24, 2.45) is 0 Å². The van der Waals surface area contributed by atoms with Crippen LogP contribution in [-0.4, -0.2) is 56.7 Å². The molecule has 1 saturated heterocycles. The second-order valence-corrected chi connectivity index (χ2v) is 7.62. The number of carbonyl (C=O) groups is 2. The molecule has 172 valence electrons. The number of nitriles is 1. The van der Waals surface area contributed by atoms with Crippen LogP contribution in [0.1, 0.15) is 16.7 Å². The number of hydrogen-bond acceptors (Lipinski definition) is 6. The van der Waals surface area contributed by atoms with Crippen molar-refractivity contribution in [2.75, 3.05) is 45.3 Å². The summed E-state index contributed by atoms with van der Waals surface area (Å²) >= 11 is 0. The second kappa shape index (κ2) is 11.2. The molecule has 0 unspecified atom stereocenters. The molecule has 0 atom stereocenters. The van der Waals surface area contributed by atoms with Crippen molar-refractivity contribution in [3.05, 3.63) is 58.7 Å². The number of anilines is 1. The molecule has 8 nitrogen and oxygen atoms in total. The lowest BCUT2D eigenvalue weighted by Crippen LogP contribution is -2.43. The molecule has 0 saturated carbocycles. The molecule has 8 heteroatoms. The van der Waals surface area contributed by atoms with Crippen molar-refractivity contribution in [1.29, 1.82) is 5.26 Å². The molecule has 3 rings (SSSR count). The number of amides is 2. The summed E-state index contributed by atoms with van der Waals surface area (Å²) in [5.41, 5.74) is 3.32. The number of morpholine rings is 1. The maximum absolute atomic E-state index is 12.6. The van der Waals surface area contributed by atoms with E-state index in [1.54, 1.807) is 29.2 Å². The molecule has 0 spiro atoms. The van der Waals surface area contributed by atoms with E-state index in [4.69, 9.17) is 14.2 Å². The maximum atomic E-state index is 12.6. The minimum Gasteiger partial charge on any atom is -0.493 e. The summed E-state index contributed by atoms with van der Waals surface area (Å²) < 4.78 is 16.3. The smallest absolute Gasteiger partial charge is 0.266 e. The van der Waals surface area contributed by atoms with Crippen LogP contribution in [0.25, 0.3) is 6.08 Å². The molecule has 0 aliphatic carbocycles. The standard InChI is InChI=1S/C25H27N3O5/c1-17-4-6-21(12-18(17)2)27-25(30)20(15-26)13-19-5-7-22(23(14-19)31-3)33-16-24(29)28-8-10-32-11-9-28/h4-7,12-14H,8-11,16H2,1-3H3,(H,27,30)/b20-13-. The van der Waals surface area contributed by atoms with Crippen LogP contribution >= 0.6 is 0 Å². The van der Waals surface area contributed by atoms with Crippen LogP contribution in [0, 0.1) is 25.2 Å². The fourth-order valence-corrected chi connectivity index (χ4v) is 3.27. The van der Waals surface area contributed by atoms with E-state index < -0.39 is 5.91 Å². The number of methoxy groups -OCH3 is 1. The average Bonchev–Trinajstić information content (AvgIpc) is 2.84. The van der Waals surface area contributed by atoms with Crippen LogP contribution in [0.2, 0.25) is 0 Å². The third-order valence-electron chi connectivity index (χ3n) is 5.34. The first-order chi connectivity index (χ1) is 15.9. The highest BCUT2D eigenvalue weighted by Gasteiger charge is 2.18. The number of benzene rings is 2. The summed E-state index contributed by atoms with van der Waals surface area (Å²) in [5.74, 6) is 0.162. The molecule has 1 aliphatic heterocycles. The van der Waals surface area contributed by atoms with Crippen molar-refractivity contribution in [2.45, 2.75) is 13.8 Å². The Kier molecular flexibility index (Phi) is 8.06. The predicted molar refractivity (Wildman–Crippen MR) is 124 cm³/mol. The number of hydrogen-bond donors (Lipinski definition) is 1. The third-order valence-corrected chi connectivity index (χ3v) is 5.34. The molecule has 33 heavy (non-hydrogen) atoms. The first kappa shape index (κ1) is 23.8. The normalized spacial score (nSPS) is 13.8. The summed E-state index contributed by atoms with van der Waals surface area (Å²) in [6, 6.07) is 12.5. The van der Waals surface area contributed by atoms with Gasteiger partial charge in [0.15, 0.2) is 18.1 Å². The number of carbonyl (C=O) groups excluding carboxylic acids is 2. The molecule has 1 heterocycles.